The minimum Gasteiger partial charge on any atom is -0.383 e. The van der Waals surface area contributed by atoms with Gasteiger partial charge in [0.1, 0.15) is 0 Å². The van der Waals surface area contributed by atoms with Crippen LogP contribution in [0.4, 0.5) is 0 Å². The summed E-state index contributed by atoms with van der Waals surface area (Å²) in [5, 5.41) is 0. The van der Waals surface area contributed by atoms with Crippen LogP contribution in [0.5, 0.6) is 0 Å². The van der Waals surface area contributed by atoms with E-state index in [4.69, 9.17) is 10.5 Å². The van der Waals surface area contributed by atoms with Crippen LogP contribution in [0.1, 0.15) is 33.6 Å². The number of nitrogens with zero attached hydrogens (tertiary/aromatic N) is 1. The van der Waals surface area contributed by atoms with Crippen molar-refractivity contribution >= 4 is 0 Å². The molecule has 1 aliphatic rings. The highest BCUT2D eigenvalue weighted by atomic mass is 16.5. The number of hydrogen-bond donors (Lipinski definition) is 1. The molecule has 1 unspecified atom stereocenters. The quantitative estimate of drug-likeness (QED) is 0.770. The maximum Gasteiger partial charge on any atom is 0.0656 e. The Hall–Kier alpha value is -0.120. The van der Waals surface area contributed by atoms with Gasteiger partial charge in [-0.3, -0.25) is 4.90 Å². The van der Waals surface area contributed by atoms with Crippen LogP contribution in [0.3, 0.4) is 0 Å². The average Bonchev–Trinajstić information content (AvgIpc) is 2.17. The summed E-state index contributed by atoms with van der Waals surface area (Å²) in [4.78, 5) is 2.49. The first-order valence-electron chi connectivity index (χ1n) is 5.88. The highest BCUT2D eigenvalue weighted by molar-refractivity contribution is 4.91. The standard InChI is InChI=1S/C12H26N2O/c1-11(2)5-7-14(8-6-11)12(3,9-13)10-15-4/h5-10,13H2,1-4H3. The van der Waals surface area contributed by atoms with Crippen molar-refractivity contribution in [3.63, 3.8) is 0 Å². The molecule has 1 fully saturated rings. The third-order valence-corrected chi connectivity index (χ3v) is 3.78. The maximum atomic E-state index is 5.87. The zero-order valence-electron chi connectivity index (χ0n) is 10.7. The normalized spacial score (nSPS) is 26.2. The molecule has 1 rings (SSSR count). The van der Waals surface area contributed by atoms with Gasteiger partial charge in [-0.15, -0.1) is 0 Å². The second-order valence-electron chi connectivity index (χ2n) is 5.79. The molecule has 0 aliphatic carbocycles. The molecule has 0 bridgehead atoms. The number of piperidine rings is 1. The van der Waals surface area contributed by atoms with Crippen molar-refractivity contribution in [2.45, 2.75) is 39.2 Å². The van der Waals surface area contributed by atoms with Crippen molar-refractivity contribution in [2.24, 2.45) is 11.1 Å². The molecule has 0 aromatic rings. The van der Waals surface area contributed by atoms with Gasteiger partial charge in [-0.2, -0.15) is 0 Å². The summed E-state index contributed by atoms with van der Waals surface area (Å²) in [6.45, 7) is 10.6. The topological polar surface area (TPSA) is 38.5 Å². The van der Waals surface area contributed by atoms with Crippen LogP contribution in [0.2, 0.25) is 0 Å². The molecule has 0 spiro atoms. The van der Waals surface area contributed by atoms with E-state index < -0.39 is 0 Å². The lowest BCUT2D eigenvalue weighted by Crippen LogP contribution is -2.57. The fourth-order valence-electron chi connectivity index (χ4n) is 2.24. The first kappa shape index (κ1) is 12.9. The summed E-state index contributed by atoms with van der Waals surface area (Å²) in [7, 11) is 1.75. The van der Waals surface area contributed by atoms with Gasteiger partial charge in [0.2, 0.25) is 0 Å². The molecule has 15 heavy (non-hydrogen) atoms. The maximum absolute atomic E-state index is 5.87. The summed E-state index contributed by atoms with van der Waals surface area (Å²) in [5.41, 5.74) is 6.39. The Morgan fingerprint density at radius 2 is 1.87 bits per heavy atom. The summed E-state index contributed by atoms with van der Waals surface area (Å²) >= 11 is 0. The Morgan fingerprint density at radius 1 is 1.33 bits per heavy atom. The number of hydrogen-bond acceptors (Lipinski definition) is 3. The highest BCUT2D eigenvalue weighted by Crippen LogP contribution is 2.32. The molecular formula is C12H26N2O. The van der Waals surface area contributed by atoms with E-state index in [9.17, 15) is 0 Å². The fourth-order valence-corrected chi connectivity index (χ4v) is 2.24. The van der Waals surface area contributed by atoms with Gasteiger partial charge < -0.3 is 10.5 Å². The van der Waals surface area contributed by atoms with Crippen molar-refractivity contribution < 1.29 is 4.74 Å². The Bertz CT molecular complexity index is 196. The Balaban J connectivity index is 2.57. The zero-order valence-corrected chi connectivity index (χ0v) is 10.7. The number of methoxy groups -OCH3 is 1. The van der Waals surface area contributed by atoms with Crippen molar-refractivity contribution in [2.75, 3.05) is 33.4 Å². The van der Waals surface area contributed by atoms with Gasteiger partial charge in [0.05, 0.1) is 12.1 Å². The van der Waals surface area contributed by atoms with Gasteiger partial charge >= 0.3 is 0 Å². The summed E-state index contributed by atoms with van der Waals surface area (Å²) in [5.74, 6) is 0. The number of likely N-dealkylation sites (tertiary alicyclic amines) is 1. The molecule has 0 aromatic heterocycles. The molecule has 0 amide bonds. The molecule has 3 heteroatoms. The van der Waals surface area contributed by atoms with Crippen LogP contribution >= 0.6 is 0 Å². The minimum absolute atomic E-state index is 0.0191. The lowest BCUT2D eigenvalue weighted by Gasteiger charge is -2.46. The predicted molar refractivity (Wildman–Crippen MR) is 63.9 cm³/mol. The molecule has 1 heterocycles. The molecule has 1 saturated heterocycles. The van der Waals surface area contributed by atoms with Crippen molar-refractivity contribution in [1.29, 1.82) is 0 Å². The van der Waals surface area contributed by atoms with Crippen molar-refractivity contribution in [3.8, 4) is 0 Å². The highest BCUT2D eigenvalue weighted by Gasteiger charge is 2.35. The van der Waals surface area contributed by atoms with E-state index in [0.717, 1.165) is 19.7 Å². The second-order valence-corrected chi connectivity index (χ2v) is 5.79. The molecule has 0 saturated carbocycles. The van der Waals surface area contributed by atoms with Crippen LogP contribution in [0.25, 0.3) is 0 Å². The van der Waals surface area contributed by atoms with Crippen molar-refractivity contribution in [3.05, 3.63) is 0 Å². The lowest BCUT2D eigenvalue weighted by molar-refractivity contribution is -0.00621. The monoisotopic (exact) mass is 214 g/mol. The minimum atomic E-state index is 0.0191. The third-order valence-electron chi connectivity index (χ3n) is 3.78. The SMILES string of the molecule is COCC(C)(CN)N1CCC(C)(C)CC1. The Kier molecular flexibility index (Phi) is 4.15. The van der Waals surface area contributed by atoms with E-state index in [0.29, 0.717) is 12.0 Å². The molecule has 0 radical (unpaired) electrons. The largest absolute Gasteiger partial charge is 0.383 e. The molecule has 0 aromatic carbocycles. The van der Waals surface area contributed by atoms with Crippen LogP contribution in [-0.2, 0) is 4.74 Å². The molecular weight excluding hydrogens is 188 g/mol. The van der Waals surface area contributed by atoms with Crippen LogP contribution in [-0.4, -0.2) is 43.8 Å². The number of ether oxygens (including phenoxy) is 1. The number of nitrogens with two attached hydrogens (primary N) is 1. The fraction of sp³-hybridized carbons (Fsp3) is 1.00. The van der Waals surface area contributed by atoms with Crippen molar-refractivity contribution in [1.82, 2.24) is 4.90 Å². The molecule has 1 atom stereocenters. The van der Waals surface area contributed by atoms with Gasteiger partial charge in [0.25, 0.3) is 0 Å². The van der Waals surface area contributed by atoms with Gasteiger partial charge in [-0.1, -0.05) is 13.8 Å². The van der Waals surface area contributed by atoms with E-state index in [-0.39, 0.29) is 5.54 Å². The average molecular weight is 214 g/mol. The molecule has 3 nitrogen and oxygen atoms in total. The summed E-state index contributed by atoms with van der Waals surface area (Å²) in [6.07, 6.45) is 2.51. The lowest BCUT2D eigenvalue weighted by atomic mass is 9.81. The van der Waals surface area contributed by atoms with Crippen LogP contribution in [0.15, 0.2) is 0 Å². The van der Waals surface area contributed by atoms with Gasteiger partial charge in [0, 0.05) is 13.7 Å². The van der Waals surface area contributed by atoms with Gasteiger partial charge in [-0.25, -0.2) is 0 Å². The summed E-state index contributed by atoms with van der Waals surface area (Å²) < 4.78 is 5.28. The van der Waals surface area contributed by atoms with Crippen LogP contribution in [0, 0.1) is 5.41 Å². The molecule has 2 N–H and O–H groups in total. The zero-order chi connectivity index (χ0) is 11.5. The third kappa shape index (κ3) is 3.16. The van der Waals surface area contributed by atoms with E-state index in [1.54, 1.807) is 7.11 Å². The van der Waals surface area contributed by atoms with E-state index >= 15 is 0 Å². The molecule has 1 aliphatic heterocycles. The van der Waals surface area contributed by atoms with Gasteiger partial charge in [-0.05, 0) is 38.3 Å². The Morgan fingerprint density at radius 3 is 2.27 bits per heavy atom. The smallest absolute Gasteiger partial charge is 0.0656 e. The van der Waals surface area contributed by atoms with Gasteiger partial charge in [0.15, 0.2) is 0 Å². The molecule has 90 valence electrons. The first-order valence-corrected chi connectivity index (χ1v) is 5.88. The number of rotatable bonds is 4. The Labute approximate surface area is 94.0 Å². The van der Waals surface area contributed by atoms with E-state index in [1.165, 1.54) is 12.8 Å². The second kappa shape index (κ2) is 4.81. The first-order chi connectivity index (χ1) is 6.93. The van der Waals surface area contributed by atoms with E-state index in [2.05, 4.69) is 25.7 Å². The van der Waals surface area contributed by atoms with Crippen LogP contribution < -0.4 is 5.73 Å². The predicted octanol–water partition coefficient (Wildman–Crippen LogP) is 1.47. The van der Waals surface area contributed by atoms with E-state index in [1.807, 2.05) is 0 Å². The summed E-state index contributed by atoms with van der Waals surface area (Å²) in [6, 6.07) is 0.